The lowest BCUT2D eigenvalue weighted by Gasteiger charge is -2.01. The lowest BCUT2D eigenvalue weighted by Crippen LogP contribution is -2.19. The molecule has 0 atom stereocenters. The average Bonchev–Trinajstić information content (AvgIpc) is 2.58. The number of aryl methyl sites for hydroxylation is 1. The van der Waals surface area contributed by atoms with Gasteiger partial charge in [0.15, 0.2) is 3.83 Å². The number of imidazole rings is 1. The summed E-state index contributed by atoms with van der Waals surface area (Å²) in [5.41, 5.74) is -0.327. The van der Waals surface area contributed by atoms with E-state index in [0.717, 1.165) is 0 Å². The number of fused-ring (bicyclic) bond motifs is 1. The standard InChI is InChI=1S/C8H9IN4O2/c9-6-10-7-12(2-1-5-14)3-4-13(7)8(15)11-6/h3-4,14H,1-2,5H2. The molecular weight excluding hydrogens is 311 g/mol. The summed E-state index contributed by atoms with van der Waals surface area (Å²) in [6.45, 7) is 0.760. The van der Waals surface area contributed by atoms with Crippen molar-refractivity contribution in [2.45, 2.75) is 13.0 Å². The van der Waals surface area contributed by atoms with Gasteiger partial charge in [-0.2, -0.15) is 9.97 Å². The van der Waals surface area contributed by atoms with Gasteiger partial charge < -0.3 is 9.67 Å². The second-order valence-electron chi connectivity index (χ2n) is 3.01. The average molecular weight is 320 g/mol. The molecule has 0 aliphatic carbocycles. The SMILES string of the molecule is O=c1nc(I)nc2n(CCCO)ccn12. The summed E-state index contributed by atoms with van der Waals surface area (Å²) in [7, 11) is 0. The maximum absolute atomic E-state index is 11.4. The van der Waals surface area contributed by atoms with Crippen LogP contribution in [-0.4, -0.2) is 30.6 Å². The molecule has 0 aliphatic rings. The first-order valence-electron chi connectivity index (χ1n) is 4.44. The molecule has 80 valence electrons. The highest BCUT2D eigenvalue weighted by Crippen LogP contribution is 2.02. The van der Waals surface area contributed by atoms with Crippen molar-refractivity contribution < 1.29 is 5.11 Å². The Balaban J connectivity index is 2.53. The Bertz CT molecular complexity index is 533. The number of nitrogens with zero attached hydrogens (tertiary/aromatic N) is 4. The molecule has 0 aromatic carbocycles. The zero-order valence-corrected chi connectivity index (χ0v) is 9.96. The molecule has 0 spiro atoms. The molecule has 15 heavy (non-hydrogen) atoms. The molecule has 0 unspecified atom stereocenters. The fourth-order valence-corrected chi connectivity index (χ4v) is 1.76. The number of hydrogen-bond acceptors (Lipinski definition) is 4. The Labute approximate surface area is 98.7 Å². The summed E-state index contributed by atoms with van der Waals surface area (Å²) >= 11 is 1.91. The minimum atomic E-state index is -0.327. The Morgan fingerprint density at radius 3 is 2.93 bits per heavy atom. The molecule has 6 nitrogen and oxygen atoms in total. The summed E-state index contributed by atoms with van der Waals surface area (Å²) in [4.78, 5) is 19.3. The van der Waals surface area contributed by atoms with E-state index in [1.807, 2.05) is 27.2 Å². The van der Waals surface area contributed by atoms with Crippen LogP contribution < -0.4 is 5.69 Å². The maximum atomic E-state index is 11.4. The molecule has 7 heteroatoms. The van der Waals surface area contributed by atoms with Crippen molar-refractivity contribution in [2.24, 2.45) is 0 Å². The van der Waals surface area contributed by atoms with Gasteiger partial charge in [0.05, 0.1) is 0 Å². The van der Waals surface area contributed by atoms with Gasteiger partial charge >= 0.3 is 5.69 Å². The van der Waals surface area contributed by atoms with Gasteiger partial charge in [0.2, 0.25) is 5.78 Å². The summed E-state index contributed by atoms with van der Waals surface area (Å²) in [5, 5.41) is 8.73. The van der Waals surface area contributed by atoms with Crippen molar-refractivity contribution in [3.05, 3.63) is 26.7 Å². The second kappa shape index (κ2) is 4.27. The Morgan fingerprint density at radius 1 is 1.40 bits per heavy atom. The number of aliphatic hydroxyl groups is 1. The fourth-order valence-electron chi connectivity index (χ4n) is 1.34. The van der Waals surface area contributed by atoms with E-state index in [1.165, 1.54) is 4.40 Å². The van der Waals surface area contributed by atoms with E-state index in [0.29, 0.717) is 22.6 Å². The summed E-state index contributed by atoms with van der Waals surface area (Å²) in [5.74, 6) is 0.563. The van der Waals surface area contributed by atoms with Crippen LogP contribution in [-0.2, 0) is 6.54 Å². The zero-order chi connectivity index (χ0) is 10.8. The Morgan fingerprint density at radius 2 is 2.20 bits per heavy atom. The summed E-state index contributed by atoms with van der Waals surface area (Å²) in [6.07, 6.45) is 4.03. The Kier molecular flexibility index (Phi) is 3.00. The second-order valence-corrected chi connectivity index (χ2v) is 3.98. The van der Waals surface area contributed by atoms with Gasteiger partial charge in [0.25, 0.3) is 0 Å². The first kappa shape index (κ1) is 10.6. The van der Waals surface area contributed by atoms with Crippen molar-refractivity contribution in [1.82, 2.24) is 18.9 Å². The van der Waals surface area contributed by atoms with Crippen LogP contribution in [0, 0.1) is 3.83 Å². The van der Waals surface area contributed by atoms with Crippen LogP contribution in [0.5, 0.6) is 0 Å². The van der Waals surface area contributed by atoms with Crippen LogP contribution in [0.1, 0.15) is 6.42 Å². The molecule has 0 saturated heterocycles. The van der Waals surface area contributed by atoms with Crippen molar-refractivity contribution in [3.8, 4) is 0 Å². The summed E-state index contributed by atoms with van der Waals surface area (Å²) in [6, 6.07) is 0. The number of halogens is 1. The topological polar surface area (TPSA) is 72.4 Å². The number of aliphatic hydroxyl groups excluding tert-OH is 1. The number of aromatic nitrogens is 4. The van der Waals surface area contributed by atoms with Gasteiger partial charge in [-0.05, 0) is 6.42 Å². The molecule has 2 aromatic heterocycles. The third-order valence-corrected chi connectivity index (χ3v) is 2.49. The zero-order valence-electron chi connectivity index (χ0n) is 7.80. The third kappa shape index (κ3) is 2.02. The number of rotatable bonds is 3. The molecule has 2 aromatic rings. The predicted molar refractivity (Wildman–Crippen MR) is 61.7 cm³/mol. The molecule has 0 amide bonds. The van der Waals surface area contributed by atoms with Gasteiger partial charge in [-0.1, -0.05) is 0 Å². The molecule has 0 radical (unpaired) electrons. The molecular formula is C8H9IN4O2. The van der Waals surface area contributed by atoms with E-state index < -0.39 is 0 Å². The van der Waals surface area contributed by atoms with Gasteiger partial charge in [0, 0.05) is 48.1 Å². The van der Waals surface area contributed by atoms with Crippen molar-refractivity contribution in [3.63, 3.8) is 0 Å². The van der Waals surface area contributed by atoms with Crippen molar-refractivity contribution in [2.75, 3.05) is 6.61 Å². The predicted octanol–water partition coefficient (Wildman–Crippen LogP) is -0.122. The van der Waals surface area contributed by atoms with Crippen LogP contribution in [0.3, 0.4) is 0 Å². The minimum Gasteiger partial charge on any atom is -0.396 e. The maximum Gasteiger partial charge on any atom is 0.356 e. The summed E-state index contributed by atoms with van der Waals surface area (Å²) < 4.78 is 3.64. The van der Waals surface area contributed by atoms with Gasteiger partial charge in [-0.25, -0.2) is 9.20 Å². The van der Waals surface area contributed by atoms with Gasteiger partial charge in [0.1, 0.15) is 0 Å². The van der Waals surface area contributed by atoms with Crippen LogP contribution in [0.15, 0.2) is 17.2 Å². The molecule has 2 heterocycles. The molecule has 2 rings (SSSR count). The van der Waals surface area contributed by atoms with Crippen molar-refractivity contribution in [1.29, 1.82) is 0 Å². The highest BCUT2D eigenvalue weighted by atomic mass is 127. The molecule has 0 bridgehead atoms. The van der Waals surface area contributed by atoms with E-state index in [4.69, 9.17) is 5.11 Å². The van der Waals surface area contributed by atoms with E-state index in [9.17, 15) is 4.79 Å². The first-order valence-corrected chi connectivity index (χ1v) is 5.52. The normalized spacial score (nSPS) is 11.1. The van der Waals surface area contributed by atoms with E-state index in [2.05, 4.69) is 9.97 Å². The smallest absolute Gasteiger partial charge is 0.356 e. The van der Waals surface area contributed by atoms with E-state index >= 15 is 0 Å². The Hall–Kier alpha value is -0.960. The lowest BCUT2D eigenvalue weighted by atomic mass is 10.4. The molecule has 0 saturated carbocycles. The van der Waals surface area contributed by atoms with E-state index in [-0.39, 0.29) is 12.3 Å². The quantitative estimate of drug-likeness (QED) is 0.800. The minimum absolute atomic E-state index is 0.122. The molecule has 1 N–H and O–H groups in total. The van der Waals surface area contributed by atoms with Crippen LogP contribution in [0.4, 0.5) is 0 Å². The molecule has 0 aliphatic heterocycles. The highest BCUT2D eigenvalue weighted by molar-refractivity contribution is 14.1. The fraction of sp³-hybridized carbons (Fsp3) is 0.375. The van der Waals surface area contributed by atoms with Gasteiger partial charge in [-0.15, -0.1) is 0 Å². The highest BCUT2D eigenvalue weighted by Gasteiger charge is 2.05. The van der Waals surface area contributed by atoms with Crippen LogP contribution in [0.25, 0.3) is 5.78 Å². The first-order chi connectivity index (χ1) is 7.22. The van der Waals surface area contributed by atoms with Crippen LogP contribution >= 0.6 is 22.6 Å². The number of hydrogen-bond donors (Lipinski definition) is 1. The van der Waals surface area contributed by atoms with Crippen molar-refractivity contribution >= 4 is 28.4 Å². The molecule has 0 fully saturated rings. The lowest BCUT2D eigenvalue weighted by molar-refractivity contribution is 0.280. The van der Waals surface area contributed by atoms with E-state index in [1.54, 1.807) is 12.4 Å². The van der Waals surface area contributed by atoms with Gasteiger partial charge in [-0.3, -0.25) is 0 Å². The van der Waals surface area contributed by atoms with Crippen LogP contribution in [0.2, 0.25) is 0 Å². The largest absolute Gasteiger partial charge is 0.396 e. The third-order valence-electron chi connectivity index (χ3n) is 2.01. The monoisotopic (exact) mass is 320 g/mol.